The molecule has 22 heavy (non-hydrogen) atoms. The van der Waals surface area contributed by atoms with Gasteiger partial charge in [-0.25, -0.2) is 0 Å². The van der Waals surface area contributed by atoms with Crippen LogP contribution in [0.2, 0.25) is 0 Å². The van der Waals surface area contributed by atoms with Crippen LogP contribution in [0.1, 0.15) is 76.7 Å². The van der Waals surface area contributed by atoms with Gasteiger partial charge in [-0.1, -0.05) is 51.7 Å². The Labute approximate surface area is 135 Å². The molecular weight excluding hydrogens is 272 g/mol. The van der Waals surface area contributed by atoms with Gasteiger partial charge in [0.15, 0.2) is 0 Å². The third-order valence-electron chi connectivity index (χ3n) is 4.69. The molecule has 0 aromatic heterocycles. The molecule has 1 saturated carbocycles. The molecule has 2 heteroatoms. The van der Waals surface area contributed by atoms with Crippen LogP contribution in [0.4, 0.5) is 0 Å². The predicted molar refractivity (Wildman–Crippen MR) is 91.5 cm³/mol. The van der Waals surface area contributed by atoms with Gasteiger partial charge in [-0.05, 0) is 42.9 Å². The number of Topliss-reactive ketones (excluding diaryl/α,β-unsaturated/α-hetero) is 1. The summed E-state index contributed by atoms with van der Waals surface area (Å²) >= 11 is 0. The largest absolute Gasteiger partial charge is 0.494 e. The second-order valence-electron chi connectivity index (χ2n) is 6.74. The van der Waals surface area contributed by atoms with Crippen LogP contribution in [-0.4, -0.2) is 12.4 Å². The summed E-state index contributed by atoms with van der Waals surface area (Å²) in [6.07, 6.45) is 9.18. The molecule has 2 nitrogen and oxygen atoms in total. The van der Waals surface area contributed by atoms with Crippen molar-refractivity contribution in [3.8, 4) is 5.75 Å². The van der Waals surface area contributed by atoms with Gasteiger partial charge in [0.1, 0.15) is 11.5 Å². The van der Waals surface area contributed by atoms with Crippen LogP contribution in [0.5, 0.6) is 5.75 Å². The third-order valence-corrected chi connectivity index (χ3v) is 4.69. The van der Waals surface area contributed by atoms with E-state index in [4.69, 9.17) is 4.74 Å². The molecule has 0 bridgehead atoms. The number of unbranched alkanes of at least 4 members (excludes halogenated alkanes) is 4. The lowest BCUT2D eigenvalue weighted by Gasteiger charge is -2.25. The maximum absolute atomic E-state index is 12.2. The lowest BCUT2D eigenvalue weighted by molar-refractivity contribution is -0.123. The van der Waals surface area contributed by atoms with Crippen LogP contribution in [0.25, 0.3) is 0 Å². The Morgan fingerprint density at radius 1 is 1.05 bits per heavy atom. The van der Waals surface area contributed by atoms with Crippen molar-refractivity contribution in [2.75, 3.05) is 6.61 Å². The molecule has 1 aliphatic carbocycles. The Bertz CT molecular complexity index is 449. The number of ketones is 1. The van der Waals surface area contributed by atoms with Crippen LogP contribution in [0.15, 0.2) is 24.3 Å². The van der Waals surface area contributed by atoms with Gasteiger partial charge in [0.05, 0.1) is 6.61 Å². The van der Waals surface area contributed by atoms with E-state index in [9.17, 15) is 4.79 Å². The van der Waals surface area contributed by atoms with Crippen LogP contribution in [0.3, 0.4) is 0 Å². The van der Waals surface area contributed by atoms with Gasteiger partial charge >= 0.3 is 0 Å². The Morgan fingerprint density at radius 3 is 2.45 bits per heavy atom. The number of hydrogen-bond donors (Lipinski definition) is 0. The Hall–Kier alpha value is -1.31. The standard InChI is InChI=1S/C20H30O2/c1-3-4-5-6-7-14-22-18-11-9-17(10-12-18)19-13-8-16(2)15-20(19)21/h9-12,16,19H,3-8,13-15H2,1-2H3/t16-,19+/m1/s1. The number of benzene rings is 1. The van der Waals surface area contributed by atoms with Gasteiger partial charge in [-0.15, -0.1) is 0 Å². The van der Waals surface area contributed by atoms with E-state index < -0.39 is 0 Å². The number of hydrogen-bond acceptors (Lipinski definition) is 2. The van der Waals surface area contributed by atoms with Gasteiger partial charge in [0.2, 0.25) is 0 Å². The minimum atomic E-state index is 0.110. The van der Waals surface area contributed by atoms with E-state index in [0.717, 1.165) is 43.6 Å². The maximum Gasteiger partial charge on any atom is 0.140 e. The Morgan fingerprint density at radius 2 is 1.77 bits per heavy atom. The molecule has 122 valence electrons. The van der Waals surface area contributed by atoms with Crippen LogP contribution >= 0.6 is 0 Å². The zero-order chi connectivity index (χ0) is 15.8. The highest BCUT2D eigenvalue weighted by atomic mass is 16.5. The summed E-state index contributed by atoms with van der Waals surface area (Å²) in [6, 6.07) is 8.19. The molecule has 1 aliphatic rings. The van der Waals surface area contributed by atoms with E-state index >= 15 is 0 Å². The van der Waals surface area contributed by atoms with E-state index in [0.29, 0.717) is 11.7 Å². The first-order valence-electron chi connectivity index (χ1n) is 8.96. The van der Waals surface area contributed by atoms with Crippen LogP contribution in [0, 0.1) is 5.92 Å². The molecule has 1 fully saturated rings. The van der Waals surface area contributed by atoms with Gasteiger partial charge < -0.3 is 4.74 Å². The molecule has 2 atom stereocenters. The average molecular weight is 302 g/mol. The molecule has 0 radical (unpaired) electrons. The van der Waals surface area contributed by atoms with Crippen molar-refractivity contribution in [3.63, 3.8) is 0 Å². The van der Waals surface area contributed by atoms with Gasteiger partial charge in [-0.2, -0.15) is 0 Å². The van der Waals surface area contributed by atoms with Crippen molar-refractivity contribution in [2.24, 2.45) is 5.92 Å². The van der Waals surface area contributed by atoms with Gasteiger partial charge in [0, 0.05) is 12.3 Å². The summed E-state index contributed by atoms with van der Waals surface area (Å²) < 4.78 is 5.79. The lowest BCUT2D eigenvalue weighted by atomic mass is 9.78. The second-order valence-corrected chi connectivity index (χ2v) is 6.74. The molecule has 0 unspecified atom stereocenters. The molecule has 1 aromatic carbocycles. The molecule has 0 saturated heterocycles. The summed E-state index contributed by atoms with van der Waals surface area (Å²) in [5.74, 6) is 2.00. The van der Waals surface area contributed by atoms with E-state index in [-0.39, 0.29) is 5.92 Å². The maximum atomic E-state index is 12.2. The van der Waals surface area contributed by atoms with Gasteiger partial charge in [-0.3, -0.25) is 4.79 Å². The third kappa shape index (κ3) is 5.15. The topological polar surface area (TPSA) is 26.3 Å². The molecule has 2 rings (SSSR count). The van der Waals surface area contributed by atoms with Gasteiger partial charge in [0.25, 0.3) is 0 Å². The van der Waals surface area contributed by atoms with Crippen molar-refractivity contribution in [2.45, 2.75) is 71.1 Å². The number of rotatable bonds is 8. The first kappa shape index (κ1) is 17.1. The summed E-state index contributed by atoms with van der Waals surface area (Å²) in [5, 5.41) is 0. The zero-order valence-electron chi connectivity index (χ0n) is 14.1. The van der Waals surface area contributed by atoms with Crippen molar-refractivity contribution in [1.29, 1.82) is 0 Å². The normalized spacial score (nSPS) is 21.8. The van der Waals surface area contributed by atoms with E-state index in [2.05, 4.69) is 26.0 Å². The summed E-state index contributed by atoms with van der Waals surface area (Å²) in [7, 11) is 0. The Kier molecular flexibility index (Phi) is 6.95. The average Bonchev–Trinajstić information content (AvgIpc) is 2.52. The highest BCUT2D eigenvalue weighted by Gasteiger charge is 2.27. The SMILES string of the molecule is CCCCCCCOc1ccc([C@@H]2CC[C@@H](C)CC2=O)cc1. The monoisotopic (exact) mass is 302 g/mol. The van der Waals surface area contributed by atoms with E-state index in [1.165, 1.54) is 25.7 Å². The molecule has 0 N–H and O–H groups in total. The second kappa shape index (κ2) is 8.97. The zero-order valence-corrected chi connectivity index (χ0v) is 14.1. The highest BCUT2D eigenvalue weighted by molar-refractivity contribution is 5.86. The fraction of sp³-hybridized carbons (Fsp3) is 0.650. The fourth-order valence-corrected chi connectivity index (χ4v) is 3.24. The quantitative estimate of drug-likeness (QED) is 0.592. The molecule has 0 spiro atoms. The fourth-order valence-electron chi connectivity index (χ4n) is 3.24. The first-order chi connectivity index (χ1) is 10.7. The number of carbonyl (C=O) groups excluding carboxylic acids is 1. The lowest BCUT2D eigenvalue weighted by Crippen LogP contribution is -2.21. The molecule has 1 aromatic rings. The van der Waals surface area contributed by atoms with Crippen molar-refractivity contribution in [3.05, 3.63) is 29.8 Å². The van der Waals surface area contributed by atoms with Crippen LogP contribution < -0.4 is 4.74 Å². The van der Waals surface area contributed by atoms with Crippen molar-refractivity contribution in [1.82, 2.24) is 0 Å². The Balaban J connectivity index is 1.77. The molecule has 0 heterocycles. The van der Waals surface area contributed by atoms with Crippen molar-refractivity contribution >= 4 is 5.78 Å². The van der Waals surface area contributed by atoms with Crippen LogP contribution in [-0.2, 0) is 4.79 Å². The predicted octanol–water partition coefficient (Wildman–Crippen LogP) is 5.51. The highest BCUT2D eigenvalue weighted by Crippen LogP contribution is 2.33. The minimum absolute atomic E-state index is 0.110. The number of carbonyl (C=O) groups is 1. The minimum Gasteiger partial charge on any atom is -0.494 e. The summed E-state index contributed by atoms with van der Waals surface area (Å²) in [4.78, 5) is 12.2. The first-order valence-corrected chi connectivity index (χ1v) is 8.96. The van der Waals surface area contributed by atoms with E-state index in [1.54, 1.807) is 0 Å². The molecular formula is C20H30O2. The smallest absolute Gasteiger partial charge is 0.140 e. The molecule has 0 amide bonds. The summed E-state index contributed by atoms with van der Waals surface area (Å²) in [6.45, 7) is 5.20. The van der Waals surface area contributed by atoms with E-state index in [1.807, 2.05) is 12.1 Å². The summed E-state index contributed by atoms with van der Waals surface area (Å²) in [5.41, 5.74) is 1.16. The van der Waals surface area contributed by atoms with Crippen molar-refractivity contribution < 1.29 is 9.53 Å². The molecule has 0 aliphatic heterocycles. The number of ether oxygens (including phenoxy) is 1.